The van der Waals surface area contributed by atoms with Crippen LogP contribution in [0, 0.1) is 24.8 Å². The number of para-hydroxylation sites is 2. The lowest BCUT2D eigenvalue weighted by Gasteiger charge is -2.27. The summed E-state index contributed by atoms with van der Waals surface area (Å²) in [5.41, 5.74) is 20.4. The minimum Gasteiger partial charge on any atom is -0.311 e. The number of benzene rings is 11. The number of rotatable bonds is 9. The molecule has 79 heavy (non-hydrogen) atoms. The third kappa shape index (κ3) is 6.94. The van der Waals surface area contributed by atoms with Crippen molar-refractivity contribution >= 4 is 129 Å². The molecule has 6 nitrogen and oxygen atoms in total. The maximum Gasteiger partial charge on any atom is 0.187 e. The van der Waals surface area contributed by atoms with Crippen molar-refractivity contribution in [3.05, 3.63) is 253 Å². The molecule has 0 saturated heterocycles. The van der Waals surface area contributed by atoms with Gasteiger partial charge in [0.15, 0.2) is 5.69 Å². The van der Waals surface area contributed by atoms with Crippen LogP contribution in [0.15, 0.2) is 231 Å². The van der Waals surface area contributed by atoms with Crippen molar-refractivity contribution in [1.29, 1.82) is 5.26 Å². The average molecular weight is 1030 g/mol. The first-order chi connectivity index (χ1) is 38.7. The Morgan fingerprint density at radius 1 is 0.418 bits per heavy atom. The van der Waals surface area contributed by atoms with E-state index < -0.39 is 8.07 Å². The van der Waals surface area contributed by atoms with Crippen molar-refractivity contribution in [3.8, 4) is 28.3 Å². The molecule has 7 heteroatoms. The van der Waals surface area contributed by atoms with Crippen LogP contribution in [-0.4, -0.2) is 16.9 Å². The predicted octanol–water partition coefficient (Wildman–Crippen LogP) is 19.5. The SMILES string of the molecule is [C-]#[N+]c1ccc(N(c2ccc(C)cc2)c2ccc3c(c2)c2cccc4c5c(-c6ccccc6)c6c(c(-c7ccccc7)c5n3c24)c2cccc3c4cc(N(c5ccc(C#N)cc5)c5ccc([Si](C)(C)C)cc5)ccc4n6c32)cc1. The van der Waals surface area contributed by atoms with E-state index in [9.17, 15) is 5.26 Å². The van der Waals surface area contributed by atoms with Gasteiger partial charge < -0.3 is 18.6 Å². The molecule has 0 aliphatic heterocycles. The molecule has 372 valence electrons. The van der Waals surface area contributed by atoms with Crippen LogP contribution >= 0.6 is 0 Å². The van der Waals surface area contributed by atoms with Gasteiger partial charge in [0.05, 0.1) is 59.4 Å². The van der Waals surface area contributed by atoms with Crippen molar-refractivity contribution in [2.75, 3.05) is 9.80 Å². The number of nitriles is 1. The number of aryl methyl sites for hydroxylation is 1. The van der Waals surface area contributed by atoms with E-state index in [4.69, 9.17) is 6.57 Å². The molecule has 0 aliphatic carbocycles. The second kappa shape index (κ2) is 17.4. The van der Waals surface area contributed by atoms with Gasteiger partial charge in [-0.15, -0.1) is 0 Å². The van der Waals surface area contributed by atoms with Crippen LogP contribution in [0.1, 0.15) is 11.1 Å². The van der Waals surface area contributed by atoms with E-state index in [0.29, 0.717) is 11.3 Å². The van der Waals surface area contributed by atoms with Gasteiger partial charge in [-0.1, -0.05) is 164 Å². The second-order valence-corrected chi connectivity index (χ2v) is 27.1. The number of anilines is 6. The third-order valence-corrected chi connectivity index (χ3v) is 18.5. The van der Waals surface area contributed by atoms with Crippen LogP contribution in [0.25, 0.3) is 103 Å². The molecule has 0 radical (unpaired) electrons. The molecule has 4 aromatic heterocycles. The van der Waals surface area contributed by atoms with Gasteiger partial charge in [0.2, 0.25) is 0 Å². The van der Waals surface area contributed by atoms with Gasteiger partial charge in [0.25, 0.3) is 0 Å². The Balaban J connectivity index is 1.04. The van der Waals surface area contributed by atoms with E-state index in [1.807, 2.05) is 24.3 Å². The van der Waals surface area contributed by atoms with Gasteiger partial charge >= 0.3 is 0 Å². The van der Waals surface area contributed by atoms with E-state index >= 15 is 0 Å². The van der Waals surface area contributed by atoms with Crippen LogP contribution in [0.4, 0.5) is 39.8 Å². The molecule has 0 aliphatic rings. The molecular weight excluding hydrogens is 977 g/mol. The molecule has 0 fully saturated rings. The molecule has 15 aromatic rings. The maximum atomic E-state index is 9.81. The second-order valence-electron chi connectivity index (χ2n) is 22.0. The summed E-state index contributed by atoms with van der Waals surface area (Å²) in [5.74, 6) is 0. The topological polar surface area (TPSA) is 43.5 Å². The van der Waals surface area contributed by atoms with Crippen LogP contribution in [0.5, 0.6) is 0 Å². The molecule has 0 saturated carbocycles. The first-order valence-electron chi connectivity index (χ1n) is 26.9. The fourth-order valence-electron chi connectivity index (χ4n) is 12.8. The van der Waals surface area contributed by atoms with E-state index in [-0.39, 0.29) is 0 Å². The van der Waals surface area contributed by atoms with E-state index in [0.717, 1.165) is 56.3 Å². The molecule has 0 amide bonds. The first kappa shape index (κ1) is 46.1. The standard InChI is InChI=1S/C72H50N6Si/c1-45-22-28-50(29-23-45)75(52-32-26-49(74-2)27-33-52)54-36-40-63-61(42-54)57-18-12-20-59-67-66(48-16-10-7-11-17-48)72-68(65(47-14-8-6-9-15-47)71(67)77(63)69(57)59)60-21-13-19-58-62-43-55(37-41-64(62)78(72)70(58)60)76(51-30-24-46(44-73)25-31-51)53-34-38-56(39-35-53)79(3,4)5/h6-43H,1,3-5H3. The minimum atomic E-state index is -1.55. The summed E-state index contributed by atoms with van der Waals surface area (Å²) in [6.07, 6.45) is 0. The van der Waals surface area contributed by atoms with Crippen molar-refractivity contribution in [1.82, 2.24) is 8.80 Å². The van der Waals surface area contributed by atoms with Gasteiger partial charge in [-0.05, 0) is 115 Å². The van der Waals surface area contributed by atoms with Crippen molar-refractivity contribution in [2.45, 2.75) is 26.6 Å². The lowest BCUT2D eigenvalue weighted by Crippen LogP contribution is -2.37. The Bertz CT molecular complexity index is 4980. The highest BCUT2D eigenvalue weighted by molar-refractivity contribution is 6.88. The zero-order chi connectivity index (χ0) is 53.3. The number of hydrogen-bond acceptors (Lipinski definition) is 3. The van der Waals surface area contributed by atoms with Gasteiger partial charge in [0.1, 0.15) is 0 Å². The molecule has 11 aromatic carbocycles. The van der Waals surface area contributed by atoms with Gasteiger partial charge in [0, 0.05) is 88.3 Å². The summed E-state index contributed by atoms with van der Waals surface area (Å²) >= 11 is 0. The fourth-order valence-corrected chi connectivity index (χ4v) is 14.0. The normalized spacial score (nSPS) is 12.0. The van der Waals surface area contributed by atoms with Gasteiger partial charge in [-0.3, -0.25) is 0 Å². The zero-order valence-corrected chi connectivity index (χ0v) is 45.1. The average Bonchev–Trinajstić information content (AvgIpc) is 4.42. The van der Waals surface area contributed by atoms with Crippen molar-refractivity contribution in [2.24, 2.45) is 0 Å². The largest absolute Gasteiger partial charge is 0.311 e. The van der Waals surface area contributed by atoms with Crippen LogP contribution < -0.4 is 15.0 Å². The predicted molar refractivity (Wildman–Crippen MR) is 335 cm³/mol. The quantitative estimate of drug-likeness (QED) is 0.107. The van der Waals surface area contributed by atoms with Crippen molar-refractivity contribution in [3.63, 3.8) is 0 Å². The molecular formula is C72H50N6Si. The molecule has 0 bridgehead atoms. The number of hydrogen-bond donors (Lipinski definition) is 0. The van der Waals surface area contributed by atoms with Gasteiger partial charge in [-0.2, -0.15) is 5.26 Å². The summed E-state index contributed by atoms with van der Waals surface area (Å²) in [5, 5.41) is 20.8. The fraction of sp³-hybridized carbons (Fsp3) is 0.0556. The number of aromatic nitrogens is 2. The molecule has 0 spiro atoms. The summed E-state index contributed by atoms with van der Waals surface area (Å²) in [7, 11) is -1.55. The lowest BCUT2D eigenvalue weighted by molar-refractivity contribution is 1.28. The summed E-state index contributed by atoms with van der Waals surface area (Å²) < 4.78 is 5.15. The first-order valence-corrected chi connectivity index (χ1v) is 30.4. The highest BCUT2D eigenvalue weighted by Crippen LogP contribution is 2.55. The Morgan fingerprint density at radius 3 is 1.25 bits per heavy atom. The smallest absolute Gasteiger partial charge is 0.187 e. The van der Waals surface area contributed by atoms with E-state index in [1.54, 1.807) is 0 Å². The Morgan fingerprint density at radius 2 is 0.823 bits per heavy atom. The number of nitrogens with zero attached hydrogens (tertiary/aromatic N) is 6. The summed E-state index contributed by atoms with van der Waals surface area (Å²) in [4.78, 5) is 8.33. The highest BCUT2D eigenvalue weighted by Gasteiger charge is 2.31. The van der Waals surface area contributed by atoms with Crippen LogP contribution in [0.3, 0.4) is 0 Å². The number of fused-ring (bicyclic) bond motifs is 12. The zero-order valence-electron chi connectivity index (χ0n) is 44.1. The molecule has 0 unspecified atom stereocenters. The Labute approximate surface area is 458 Å². The Hall–Kier alpha value is -10.2. The summed E-state index contributed by atoms with van der Waals surface area (Å²) in [6, 6.07) is 85.7. The van der Waals surface area contributed by atoms with Crippen molar-refractivity contribution < 1.29 is 0 Å². The van der Waals surface area contributed by atoms with Crippen LogP contribution in [0.2, 0.25) is 19.6 Å². The van der Waals surface area contributed by atoms with E-state index in [1.165, 1.54) is 87.0 Å². The maximum absolute atomic E-state index is 9.81. The monoisotopic (exact) mass is 1030 g/mol. The highest BCUT2D eigenvalue weighted by atomic mass is 28.3. The Kier molecular flexibility index (Phi) is 10.2. The third-order valence-electron chi connectivity index (χ3n) is 16.4. The molecule has 0 atom stereocenters. The minimum absolute atomic E-state index is 0.614. The molecule has 15 rings (SSSR count). The molecule has 4 heterocycles. The summed E-state index contributed by atoms with van der Waals surface area (Å²) in [6.45, 7) is 17.0. The lowest BCUT2D eigenvalue weighted by atomic mass is 9.89. The molecule has 0 N–H and O–H groups in total. The van der Waals surface area contributed by atoms with E-state index in [2.05, 4.69) is 262 Å². The van der Waals surface area contributed by atoms with Crippen LogP contribution in [-0.2, 0) is 0 Å². The van der Waals surface area contributed by atoms with Gasteiger partial charge in [-0.25, -0.2) is 4.85 Å².